The molecule has 4 atom stereocenters. The predicted octanol–water partition coefficient (Wildman–Crippen LogP) is 11.8. The van der Waals surface area contributed by atoms with Gasteiger partial charge in [0.15, 0.2) is 0 Å². The molecule has 4 N–H and O–H groups in total. The molecule has 0 saturated carbocycles. The van der Waals surface area contributed by atoms with Crippen LogP contribution in [0.2, 0.25) is 0 Å². The van der Waals surface area contributed by atoms with Gasteiger partial charge >= 0.3 is 0 Å². The van der Waals surface area contributed by atoms with Crippen LogP contribution in [0.3, 0.4) is 0 Å². The fourth-order valence-corrected chi connectivity index (χ4v) is 11.7. The zero-order chi connectivity index (χ0) is 44.4. The van der Waals surface area contributed by atoms with E-state index in [1.165, 1.54) is 82.0 Å². The van der Waals surface area contributed by atoms with Gasteiger partial charge in [-0.2, -0.15) is 0 Å². The van der Waals surface area contributed by atoms with E-state index in [9.17, 15) is 0 Å². The minimum Gasteiger partial charge on any atom is -0.399 e. The molecule has 0 amide bonds. The van der Waals surface area contributed by atoms with Gasteiger partial charge in [0, 0.05) is 55.2 Å². The number of amidine groups is 1. The zero-order valence-corrected chi connectivity index (χ0v) is 37.4. The van der Waals surface area contributed by atoms with Crippen molar-refractivity contribution in [1.29, 1.82) is 0 Å². The van der Waals surface area contributed by atoms with Gasteiger partial charge in [-0.15, -0.1) is 0 Å². The van der Waals surface area contributed by atoms with Crippen LogP contribution in [-0.4, -0.2) is 21.1 Å². The molecule has 6 heteroatoms. The van der Waals surface area contributed by atoms with Gasteiger partial charge in [-0.05, 0) is 95.9 Å². The van der Waals surface area contributed by atoms with E-state index in [0.29, 0.717) is 0 Å². The summed E-state index contributed by atoms with van der Waals surface area (Å²) in [6.45, 7) is 0. The van der Waals surface area contributed by atoms with Crippen LogP contribution in [-0.2, 0) is 0 Å². The Bertz CT molecular complexity index is 3690. The van der Waals surface area contributed by atoms with Crippen molar-refractivity contribution in [2.75, 3.05) is 0 Å². The molecule has 0 spiro atoms. The van der Waals surface area contributed by atoms with Gasteiger partial charge in [0.05, 0.1) is 28.8 Å². The Labute approximate surface area is 390 Å². The van der Waals surface area contributed by atoms with Crippen molar-refractivity contribution >= 4 is 72.4 Å². The first-order valence-electron chi connectivity index (χ1n) is 24.1. The highest BCUT2D eigenvalue weighted by atomic mass is 15.3. The third kappa shape index (κ3) is 6.61. The summed E-state index contributed by atoms with van der Waals surface area (Å²) in [7, 11) is 0. The topological polar surface area (TPSA) is 72.3 Å². The fourth-order valence-electron chi connectivity index (χ4n) is 11.7. The highest BCUT2D eigenvalue weighted by Crippen LogP contribution is 2.45. The van der Waals surface area contributed by atoms with Gasteiger partial charge < -0.3 is 20.2 Å². The van der Waals surface area contributed by atoms with Gasteiger partial charge in [0.25, 0.3) is 0 Å². The number of nitrogens with zero attached hydrogens (tertiary/aromatic N) is 3. The van der Waals surface area contributed by atoms with E-state index in [-0.39, 0.29) is 24.3 Å². The summed E-state index contributed by atoms with van der Waals surface area (Å²) in [5, 5.41) is 15.8. The van der Waals surface area contributed by atoms with Crippen molar-refractivity contribution in [3.05, 3.63) is 227 Å². The maximum atomic E-state index is 6.94. The second kappa shape index (κ2) is 16.3. The monoisotopic (exact) mass is 868 g/mol. The number of rotatable bonds is 7. The highest BCUT2D eigenvalue weighted by molar-refractivity contribution is 6.26. The number of fused-ring (bicyclic) bond motifs is 8. The lowest BCUT2D eigenvalue weighted by Gasteiger charge is -2.40. The number of nitrogens with one attached hydrogen (secondary N) is 2. The van der Waals surface area contributed by atoms with E-state index >= 15 is 0 Å². The summed E-state index contributed by atoms with van der Waals surface area (Å²) in [6, 6.07) is 49.0. The van der Waals surface area contributed by atoms with Crippen molar-refractivity contribution in [3.63, 3.8) is 0 Å². The summed E-state index contributed by atoms with van der Waals surface area (Å²) >= 11 is 0. The molecule has 2 aromatic heterocycles. The molecular weight excluding hydrogens is 817 g/mol. The average Bonchev–Trinajstić information content (AvgIpc) is 3.92. The van der Waals surface area contributed by atoms with Gasteiger partial charge in [-0.25, -0.2) is 4.99 Å². The second-order valence-corrected chi connectivity index (χ2v) is 18.5. The predicted molar refractivity (Wildman–Crippen MR) is 280 cm³/mol. The number of aromatic nitrogens is 2. The summed E-state index contributed by atoms with van der Waals surface area (Å²) in [5.74, 6) is 0.750. The van der Waals surface area contributed by atoms with Crippen molar-refractivity contribution in [1.82, 2.24) is 19.8 Å². The van der Waals surface area contributed by atoms with Crippen molar-refractivity contribution in [2.24, 2.45) is 16.6 Å². The Morgan fingerprint density at radius 2 is 1.28 bits per heavy atom. The lowest BCUT2D eigenvalue weighted by molar-refractivity contribution is 0.284. The first kappa shape index (κ1) is 39.7. The molecule has 4 unspecified atom stereocenters. The number of allylic oxidation sites excluding steroid dienone is 10. The maximum absolute atomic E-state index is 6.94. The lowest BCUT2D eigenvalue weighted by Crippen LogP contribution is -2.56. The van der Waals surface area contributed by atoms with E-state index in [0.717, 1.165) is 61.2 Å². The molecule has 5 aliphatic rings. The van der Waals surface area contributed by atoms with E-state index in [1.54, 1.807) is 0 Å². The molecule has 67 heavy (non-hydrogen) atoms. The number of aliphatic imine (C=N–C) groups is 1. The standard InChI is InChI=1S/C61H52N6/c62-42-34-36-55(67-53-31-15-13-27-46(53)47-35-37-56-57(58(47)67)50-30-14-16-32-54(50)66(56)52-33-17-23-41-22-7-8-26-45(41)52)51(38-42)61-64-59(48-28-11-9-24-43(48)39-18-3-1-4-19-39)63-60(65-61)49-29-12-10-25-44(49)40-20-5-2-6-21-40/h3,5,7-16,18-32,34-38,51,55,59,61,64H,1-2,4,6,17,33,62H2,(H,63,65). The highest BCUT2D eigenvalue weighted by Gasteiger charge is 2.38. The molecule has 4 aliphatic carbocycles. The van der Waals surface area contributed by atoms with Crippen molar-refractivity contribution in [3.8, 4) is 0 Å². The van der Waals surface area contributed by atoms with Crippen molar-refractivity contribution in [2.45, 2.75) is 56.9 Å². The third-order valence-corrected chi connectivity index (χ3v) is 14.7. The van der Waals surface area contributed by atoms with Crippen LogP contribution >= 0.6 is 0 Å². The van der Waals surface area contributed by atoms with Gasteiger partial charge in [-0.1, -0.05) is 170 Å². The minimum absolute atomic E-state index is 0.122. The number of nitrogens with two attached hydrogens (primary N) is 1. The quantitative estimate of drug-likeness (QED) is 0.149. The maximum Gasteiger partial charge on any atom is 0.132 e. The number of benzene rings is 6. The van der Waals surface area contributed by atoms with E-state index in [1.807, 2.05) is 0 Å². The third-order valence-electron chi connectivity index (χ3n) is 14.7. The van der Waals surface area contributed by atoms with E-state index in [4.69, 9.17) is 10.7 Å². The Morgan fingerprint density at radius 3 is 2.10 bits per heavy atom. The lowest BCUT2D eigenvalue weighted by atomic mass is 9.88. The van der Waals surface area contributed by atoms with Crippen LogP contribution in [0.15, 0.2) is 199 Å². The molecule has 3 heterocycles. The van der Waals surface area contributed by atoms with Crippen molar-refractivity contribution < 1.29 is 0 Å². The SMILES string of the molecule is NC1=CC(C2NC(c3ccccc3C3=CCCC=C3)=NC(c3ccccc3C3=CCCC=C3)N2)C(n2c3ccccc3c3ccc4c(c5ccccc5n4C4=c5ccccc5=CCC4)c32)C=C1. The Hall–Kier alpha value is -7.67. The summed E-state index contributed by atoms with van der Waals surface area (Å²) in [6.07, 6.45) is 28.5. The normalized spacial score (nSPS) is 21.5. The average molecular weight is 869 g/mol. The van der Waals surface area contributed by atoms with Crippen LogP contribution in [0, 0.1) is 5.92 Å². The van der Waals surface area contributed by atoms with Crippen LogP contribution in [0.25, 0.3) is 66.5 Å². The molecule has 6 aromatic carbocycles. The first-order valence-corrected chi connectivity index (χ1v) is 24.1. The van der Waals surface area contributed by atoms with E-state index < -0.39 is 0 Å². The molecule has 0 saturated heterocycles. The van der Waals surface area contributed by atoms with Crippen LogP contribution < -0.4 is 26.8 Å². The largest absolute Gasteiger partial charge is 0.399 e. The second-order valence-electron chi connectivity index (χ2n) is 18.5. The molecule has 0 radical (unpaired) electrons. The summed E-state index contributed by atoms with van der Waals surface area (Å²) in [5.41, 5.74) is 21.1. The molecule has 8 aromatic rings. The molecule has 6 nitrogen and oxygen atoms in total. The van der Waals surface area contributed by atoms with Crippen LogP contribution in [0.1, 0.15) is 73.0 Å². The van der Waals surface area contributed by atoms with Crippen LogP contribution in [0.4, 0.5) is 0 Å². The smallest absolute Gasteiger partial charge is 0.132 e. The molecule has 0 fully saturated rings. The molecule has 1 aliphatic heterocycles. The van der Waals surface area contributed by atoms with E-state index in [2.05, 4.69) is 214 Å². The Morgan fingerprint density at radius 1 is 0.582 bits per heavy atom. The molecule has 0 bridgehead atoms. The minimum atomic E-state index is -0.339. The number of hydrogen-bond acceptors (Lipinski definition) is 4. The summed E-state index contributed by atoms with van der Waals surface area (Å²) in [4.78, 5) is 5.63. The Kier molecular flexibility index (Phi) is 9.67. The first-order chi connectivity index (χ1) is 33.2. The van der Waals surface area contributed by atoms with Gasteiger partial charge in [-0.3, -0.25) is 5.32 Å². The van der Waals surface area contributed by atoms with Gasteiger partial charge in [0.1, 0.15) is 12.0 Å². The Balaban J connectivity index is 1.03. The van der Waals surface area contributed by atoms with Crippen LogP contribution in [0.5, 0.6) is 0 Å². The molecule has 326 valence electrons. The fraction of sp³-hybridized carbons (Fsp3) is 0.164. The molecule has 13 rings (SSSR count). The summed E-state index contributed by atoms with van der Waals surface area (Å²) < 4.78 is 5.19. The zero-order valence-electron chi connectivity index (χ0n) is 37.4. The molecular formula is C61H52N6. The number of para-hydroxylation sites is 2. The van der Waals surface area contributed by atoms with Gasteiger partial charge in [0.2, 0.25) is 0 Å². The number of hydrogen-bond donors (Lipinski definition) is 3.